The van der Waals surface area contributed by atoms with Gasteiger partial charge < -0.3 is 10.4 Å². The van der Waals surface area contributed by atoms with Crippen molar-refractivity contribution in [3.05, 3.63) is 29.6 Å². The minimum atomic E-state index is 0.323. The van der Waals surface area contributed by atoms with Crippen molar-refractivity contribution >= 4 is 0 Å². The molecule has 0 saturated heterocycles. The molecule has 0 aliphatic heterocycles. The van der Waals surface area contributed by atoms with E-state index in [1.165, 1.54) is 24.0 Å². The molecule has 3 nitrogen and oxygen atoms in total. The Bertz CT molecular complexity index is 289. The summed E-state index contributed by atoms with van der Waals surface area (Å²) in [6, 6.07) is 2.06. The summed E-state index contributed by atoms with van der Waals surface area (Å²) in [5, 5.41) is 12.1. The number of aliphatic hydroxyl groups excluding tert-OH is 1. The molecule has 0 aliphatic carbocycles. The Balaban J connectivity index is 2.05. The van der Waals surface area contributed by atoms with Crippen LogP contribution in [0.3, 0.4) is 0 Å². The summed E-state index contributed by atoms with van der Waals surface area (Å²) in [6.07, 6.45) is 8.19. The first-order chi connectivity index (χ1) is 7.84. The van der Waals surface area contributed by atoms with Crippen LogP contribution in [0.2, 0.25) is 0 Å². The number of aryl methyl sites for hydroxylation is 1. The number of nitrogens with zero attached hydrogens (tertiary/aromatic N) is 1. The van der Waals surface area contributed by atoms with Crippen LogP contribution in [0.5, 0.6) is 0 Å². The van der Waals surface area contributed by atoms with Gasteiger partial charge in [-0.05, 0) is 43.5 Å². The molecule has 0 aromatic carbocycles. The molecule has 2 N–H and O–H groups in total. The third-order valence-corrected chi connectivity index (χ3v) is 2.71. The van der Waals surface area contributed by atoms with Crippen LogP contribution in [-0.4, -0.2) is 23.2 Å². The smallest absolute Gasteiger partial charge is 0.0431 e. The SMILES string of the molecule is Cc1cnccc1CNCCCCCCO. The lowest BCUT2D eigenvalue weighted by Gasteiger charge is -2.06. The first kappa shape index (κ1) is 13.1. The van der Waals surface area contributed by atoms with Crippen molar-refractivity contribution in [1.82, 2.24) is 10.3 Å². The van der Waals surface area contributed by atoms with Crippen LogP contribution in [0, 0.1) is 6.92 Å². The fourth-order valence-corrected chi connectivity index (χ4v) is 1.64. The van der Waals surface area contributed by atoms with Gasteiger partial charge in [0.25, 0.3) is 0 Å². The Morgan fingerprint density at radius 1 is 1.25 bits per heavy atom. The second kappa shape index (κ2) is 8.25. The van der Waals surface area contributed by atoms with E-state index in [9.17, 15) is 0 Å². The summed E-state index contributed by atoms with van der Waals surface area (Å²) in [7, 11) is 0. The standard InChI is InChI=1S/C13H22N2O/c1-12-10-15-8-6-13(12)11-14-7-4-2-3-5-9-16/h6,8,10,14,16H,2-5,7,9,11H2,1H3. The van der Waals surface area contributed by atoms with Gasteiger partial charge in [-0.2, -0.15) is 0 Å². The number of hydrogen-bond donors (Lipinski definition) is 2. The van der Waals surface area contributed by atoms with Gasteiger partial charge >= 0.3 is 0 Å². The maximum Gasteiger partial charge on any atom is 0.0431 e. The number of nitrogens with one attached hydrogen (secondary N) is 1. The lowest BCUT2D eigenvalue weighted by molar-refractivity contribution is 0.282. The summed E-state index contributed by atoms with van der Waals surface area (Å²) in [5.74, 6) is 0. The second-order valence-electron chi connectivity index (χ2n) is 4.12. The predicted octanol–water partition coefficient (Wildman–Crippen LogP) is 2.03. The Labute approximate surface area is 97.9 Å². The summed E-state index contributed by atoms with van der Waals surface area (Å²) in [5.41, 5.74) is 2.57. The molecule has 0 unspecified atom stereocenters. The normalized spacial score (nSPS) is 10.6. The average molecular weight is 222 g/mol. The molecule has 3 heteroatoms. The largest absolute Gasteiger partial charge is 0.396 e. The Hall–Kier alpha value is -0.930. The minimum Gasteiger partial charge on any atom is -0.396 e. The van der Waals surface area contributed by atoms with E-state index in [1.807, 2.05) is 12.4 Å². The maximum absolute atomic E-state index is 8.63. The van der Waals surface area contributed by atoms with Crippen molar-refractivity contribution in [2.75, 3.05) is 13.2 Å². The number of unbranched alkanes of at least 4 members (excludes halogenated alkanes) is 3. The Kier molecular flexibility index (Phi) is 6.77. The molecule has 16 heavy (non-hydrogen) atoms. The Morgan fingerprint density at radius 3 is 2.81 bits per heavy atom. The van der Waals surface area contributed by atoms with Gasteiger partial charge in [0.2, 0.25) is 0 Å². The molecule has 0 atom stereocenters. The number of aliphatic hydroxyl groups is 1. The van der Waals surface area contributed by atoms with Crippen molar-refractivity contribution in [3.8, 4) is 0 Å². The van der Waals surface area contributed by atoms with E-state index >= 15 is 0 Å². The van der Waals surface area contributed by atoms with Gasteiger partial charge in [0.15, 0.2) is 0 Å². The van der Waals surface area contributed by atoms with Crippen LogP contribution in [0.25, 0.3) is 0 Å². The summed E-state index contributed by atoms with van der Waals surface area (Å²) < 4.78 is 0. The molecule has 0 spiro atoms. The molecule has 1 rings (SSSR count). The van der Waals surface area contributed by atoms with Gasteiger partial charge in [-0.15, -0.1) is 0 Å². The van der Waals surface area contributed by atoms with Crippen LogP contribution < -0.4 is 5.32 Å². The summed E-state index contributed by atoms with van der Waals surface area (Å²) in [4.78, 5) is 4.07. The van der Waals surface area contributed by atoms with E-state index in [-0.39, 0.29) is 0 Å². The maximum atomic E-state index is 8.63. The van der Waals surface area contributed by atoms with E-state index < -0.39 is 0 Å². The van der Waals surface area contributed by atoms with Crippen LogP contribution in [0.4, 0.5) is 0 Å². The predicted molar refractivity (Wildman–Crippen MR) is 66.2 cm³/mol. The lowest BCUT2D eigenvalue weighted by atomic mass is 10.1. The fourth-order valence-electron chi connectivity index (χ4n) is 1.64. The van der Waals surface area contributed by atoms with E-state index in [0.29, 0.717) is 6.61 Å². The van der Waals surface area contributed by atoms with E-state index in [4.69, 9.17) is 5.11 Å². The molecular formula is C13H22N2O. The fraction of sp³-hybridized carbons (Fsp3) is 0.615. The molecule has 0 radical (unpaired) electrons. The quantitative estimate of drug-likeness (QED) is 0.662. The molecule has 1 aromatic rings. The molecule has 0 amide bonds. The molecule has 0 saturated carbocycles. The monoisotopic (exact) mass is 222 g/mol. The zero-order valence-electron chi connectivity index (χ0n) is 10.1. The van der Waals surface area contributed by atoms with Crippen LogP contribution in [-0.2, 0) is 6.54 Å². The molecule has 0 fully saturated rings. The van der Waals surface area contributed by atoms with Crippen molar-refractivity contribution in [2.24, 2.45) is 0 Å². The van der Waals surface area contributed by atoms with Gasteiger partial charge in [-0.1, -0.05) is 12.8 Å². The number of hydrogen-bond acceptors (Lipinski definition) is 3. The first-order valence-electron chi connectivity index (χ1n) is 6.05. The van der Waals surface area contributed by atoms with Crippen molar-refractivity contribution in [1.29, 1.82) is 0 Å². The van der Waals surface area contributed by atoms with Crippen LogP contribution >= 0.6 is 0 Å². The van der Waals surface area contributed by atoms with Gasteiger partial charge in [-0.25, -0.2) is 0 Å². The van der Waals surface area contributed by atoms with Crippen molar-refractivity contribution < 1.29 is 5.11 Å². The van der Waals surface area contributed by atoms with Crippen molar-refractivity contribution in [2.45, 2.75) is 39.2 Å². The zero-order chi connectivity index (χ0) is 11.6. The highest BCUT2D eigenvalue weighted by molar-refractivity contribution is 5.20. The molecule has 1 heterocycles. The van der Waals surface area contributed by atoms with Gasteiger partial charge in [-0.3, -0.25) is 4.98 Å². The number of aromatic nitrogens is 1. The van der Waals surface area contributed by atoms with Crippen molar-refractivity contribution in [3.63, 3.8) is 0 Å². The summed E-state index contributed by atoms with van der Waals surface area (Å²) >= 11 is 0. The first-order valence-corrected chi connectivity index (χ1v) is 6.05. The highest BCUT2D eigenvalue weighted by atomic mass is 16.2. The minimum absolute atomic E-state index is 0.323. The average Bonchev–Trinajstić information content (AvgIpc) is 2.30. The van der Waals surface area contributed by atoms with Crippen LogP contribution in [0.1, 0.15) is 36.8 Å². The lowest BCUT2D eigenvalue weighted by Crippen LogP contribution is -2.15. The van der Waals surface area contributed by atoms with E-state index in [1.54, 1.807) is 0 Å². The summed E-state index contributed by atoms with van der Waals surface area (Å²) in [6.45, 7) is 4.39. The molecule has 1 aromatic heterocycles. The molecule has 90 valence electrons. The third kappa shape index (κ3) is 5.24. The molecule has 0 bridgehead atoms. The van der Waals surface area contributed by atoms with Gasteiger partial charge in [0.05, 0.1) is 0 Å². The van der Waals surface area contributed by atoms with E-state index in [2.05, 4.69) is 23.3 Å². The highest BCUT2D eigenvalue weighted by Crippen LogP contribution is 2.04. The molecule has 0 aliphatic rings. The highest BCUT2D eigenvalue weighted by Gasteiger charge is 1.96. The molecular weight excluding hydrogens is 200 g/mol. The van der Waals surface area contributed by atoms with Crippen LogP contribution in [0.15, 0.2) is 18.5 Å². The van der Waals surface area contributed by atoms with E-state index in [0.717, 1.165) is 25.9 Å². The number of pyridine rings is 1. The number of rotatable bonds is 8. The third-order valence-electron chi connectivity index (χ3n) is 2.71. The van der Waals surface area contributed by atoms with Gasteiger partial charge in [0.1, 0.15) is 0 Å². The Morgan fingerprint density at radius 2 is 2.06 bits per heavy atom. The van der Waals surface area contributed by atoms with Gasteiger partial charge in [0, 0.05) is 25.5 Å². The zero-order valence-corrected chi connectivity index (χ0v) is 10.1. The second-order valence-corrected chi connectivity index (χ2v) is 4.12. The topological polar surface area (TPSA) is 45.2 Å².